The van der Waals surface area contributed by atoms with Gasteiger partial charge < -0.3 is 0 Å². The van der Waals surface area contributed by atoms with E-state index in [4.69, 9.17) is 0 Å². The molecule has 0 aliphatic heterocycles. The van der Waals surface area contributed by atoms with Crippen molar-refractivity contribution < 1.29 is 26.3 Å². The SMILES string of the molecule is C=CCCc1ccc(-c2ccc(-c3ccc(C)cc3)cc2F)cc1.C=CCCc1ccc(-c2ccc(-c3ccc(C)cc3)cc2F)cc1.C=Cc1ccc(-c2ccc(-c3ccc(CCC)cc3)cc2F)cc1.CCCCCc1ccc(-c2ccc(-c3ccc(CC)cc3)cc2F)cc1.CCCCc1ccc(-c2ccc(-c3ccc(CC)cc3)cc2F)cc1.CCCc1ccc(-c2ccc(-c3ccc(CC)cc3)cc2F)cc1. The van der Waals surface area contributed by atoms with E-state index in [1.54, 1.807) is 42.5 Å². The van der Waals surface area contributed by atoms with Gasteiger partial charge in [0, 0.05) is 33.4 Å². The first kappa shape index (κ1) is 109. The van der Waals surface area contributed by atoms with Gasteiger partial charge in [-0.15, -0.1) is 13.2 Å². The van der Waals surface area contributed by atoms with E-state index in [1.807, 2.05) is 232 Å². The molecule has 0 saturated heterocycles. The molecule has 18 aromatic carbocycles. The number of rotatable bonds is 33. The Bertz CT molecular complexity index is 7030. The van der Waals surface area contributed by atoms with Crippen LogP contribution in [0.1, 0.15) is 173 Å². The molecule has 18 aromatic rings. The van der Waals surface area contributed by atoms with E-state index in [1.165, 1.54) is 93.3 Å². The highest BCUT2D eigenvalue weighted by Crippen LogP contribution is 2.38. The van der Waals surface area contributed by atoms with Crippen LogP contribution in [-0.2, 0) is 57.8 Å². The molecule has 6 heteroatoms. The van der Waals surface area contributed by atoms with E-state index >= 15 is 0 Å². The first-order chi connectivity index (χ1) is 71.7. The summed E-state index contributed by atoms with van der Waals surface area (Å²) >= 11 is 0. The molecular formula is C141H138F6. The molecule has 0 atom stereocenters. The van der Waals surface area contributed by atoms with Crippen molar-refractivity contribution in [2.24, 2.45) is 0 Å². The fraction of sp³-hybridized carbons (Fsp3) is 0.191. The number of aryl methyl sites for hydroxylation is 11. The van der Waals surface area contributed by atoms with E-state index in [2.05, 4.69) is 226 Å². The minimum atomic E-state index is -0.198. The van der Waals surface area contributed by atoms with Crippen molar-refractivity contribution >= 4 is 6.08 Å². The molecule has 0 nitrogen and oxygen atoms in total. The predicted octanol–water partition coefficient (Wildman–Crippen LogP) is 41.1. The second kappa shape index (κ2) is 56.3. The van der Waals surface area contributed by atoms with Crippen LogP contribution in [-0.4, -0.2) is 0 Å². The highest BCUT2D eigenvalue weighted by molar-refractivity contribution is 5.79. The minimum Gasteiger partial charge on any atom is -0.206 e. The molecule has 744 valence electrons. The minimum absolute atomic E-state index is 0.166. The third kappa shape index (κ3) is 31.6. The van der Waals surface area contributed by atoms with Gasteiger partial charge in [-0.05, 0) is 289 Å². The Morgan fingerprint density at radius 3 is 0.558 bits per heavy atom. The van der Waals surface area contributed by atoms with Crippen molar-refractivity contribution in [3.8, 4) is 134 Å². The second-order valence-electron chi connectivity index (χ2n) is 37.8. The summed E-state index contributed by atoms with van der Waals surface area (Å²) in [7, 11) is 0. The normalized spacial score (nSPS) is 10.7. The Morgan fingerprint density at radius 1 is 0.177 bits per heavy atom. The summed E-state index contributed by atoms with van der Waals surface area (Å²) in [6.07, 6.45) is 25.2. The highest BCUT2D eigenvalue weighted by atomic mass is 19.1. The number of allylic oxidation sites excluding steroid dienone is 2. The van der Waals surface area contributed by atoms with Gasteiger partial charge >= 0.3 is 0 Å². The lowest BCUT2D eigenvalue weighted by atomic mass is 9.97. The summed E-state index contributed by atoms with van der Waals surface area (Å²) < 4.78 is 87.8. The molecule has 0 saturated carbocycles. The zero-order valence-corrected chi connectivity index (χ0v) is 87.0. The smallest absolute Gasteiger partial charge is 0.131 e. The van der Waals surface area contributed by atoms with Gasteiger partial charge in [-0.1, -0.05) is 480 Å². The molecule has 0 fully saturated rings. The third-order valence-corrected chi connectivity index (χ3v) is 27.0. The van der Waals surface area contributed by atoms with Gasteiger partial charge in [0.05, 0.1) is 0 Å². The number of hydrogen-bond acceptors (Lipinski definition) is 0. The average Bonchev–Trinajstić information content (AvgIpc) is 0.831. The lowest BCUT2D eigenvalue weighted by molar-refractivity contribution is 0.631. The summed E-state index contributed by atoms with van der Waals surface area (Å²) in [6, 6.07) is 131. The molecule has 147 heavy (non-hydrogen) atoms. The van der Waals surface area contributed by atoms with Crippen LogP contribution >= 0.6 is 0 Å². The van der Waals surface area contributed by atoms with Gasteiger partial charge in [0.2, 0.25) is 0 Å². The van der Waals surface area contributed by atoms with Gasteiger partial charge in [-0.3, -0.25) is 0 Å². The lowest BCUT2D eigenvalue weighted by Crippen LogP contribution is -1.89. The Hall–Kier alpha value is -15.2. The van der Waals surface area contributed by atoms with Crippen molar-refractivity contribution in [3.63, 3.8) is 0 Å². The van der Waals surface area contributed by atoms with Gasteiger partial charge in [0.25, 0.3) is 0 Å². The van der Waals surface area contributed by atoms with Crippen molar-refractivity contribution in [2.45, 2.75) is 178 Å². The van der Waals surface area contributed by atoms with Crippen molar-refractivity contribution in [1.82, 2.24) is 0 Å². The molecule has 0 radical (unpaired) electrons. The number of hydrogen-bond donors (Lipinski definition) is 0. The summed E-state index contributed by atoms with van der Waals surface area (Å²) in [4.78, 5) is 0. The van der Waals surface area contributed by atoms with E-state index in [-0.39, 0.29) is 34.9 Å². The number of halogens is 6. The maximum absolute atomic E-state index is 14.7. The zero-order chi connectivity index (χ0) is 104. The molecule has 18 rings (SSSR count). The topological polar surface area (TPSA) is 0 Å². The monoisotopic (exact) mass is 1950 g/mol. The van der Waals surface area contributed by atoms with Gasteiger partial charge in [0.15, 0.2) is 0 Å². The predicted molar refractivity (Wildman–Crippen MR) is 618 cm³/mol. The van der Waals surface area contributed by atoms with E-state index in [9.17, 15) is 26.3 Å². The van der Waals surface area contributed by atoms with Crippen LogP contribution in [0.4, 0.5) is 26.3 Å². The van der Waals surface area contributed by atoms with Crippen LogP contribution in [0.5, 0.6) is 0 Å². The van der Waals surface area contributed by atoms with E-state index < -0.39 is 0 Å². The Balaban J connectivity index is 0.000000147. The van der Waals surface area contributed by atoms with Crippen LogP contribution < -0.4 is 0 Å². The standard InChI is InChI=1S/C25H27F.C24H25F.3C23H21F.C23H23F/c1-3-5-6-7-20-10-14-22(15-11-20)24-17-16-23(18-25(24)26)21-12-8-19(4-2)9-13-21;1-3-5-6-19-9-13-21(14-10-19)23-16-15-22(17-24(23)25)20-11-7-18(4-2)8-12-20;2*1-3-4-5-18-8-12-20(13-9-18)22-15-14-21(16-23(22)24)19-10-6-17(2)7-11-19;1-3-5-18-8-10-19(11-9-18)21-14-15-22(23(24)16-21)20-12-6-17(4-2)7-13-20;1-3-5-18-8-12-20(13-9-18)22-15-14-21(16-23(22)24)19-10-6-17(4-2)7-11-19/h8-18H,3-7H2,1-2H3;7-17H,3-6H2,1-2H3;2*3,6-16H,1,4-5H2,2H3;4,6-16H,2-3,5H2,1H3;6-16H,3-5H2,1-2H3. The van der Waals surface area contributed by atoms with Crippen molar-refractivity contribution in [1.29, 1.82) is 0 Å². The molecular weight excluding hydrogens is 1810 g/mol. The van der Waals surface area contributed by atoms with Gasteiger partial charge in [-0.2, -0.15) is 0 Å². The zero-order valence-electron chi connectivity index (χ0n) is 87.0. The van der Waals surface area contributed by atoms with E-state index in [0.717, 1.165) is 189 Å². The first-order valence-corrected chi connectivity index (χ1v) is 52.4. The van der Waals surface area contributed by atoms with Crippen LogP contribution in [0.25, 0.3) is 140 Å². The molecule has 0 aliphatic rings. The maximum Gasteiger partial charge on any atom is 0.131 e. The molecule has 0 N–H and O–H groups in total. The molecule has 0 unspecified atom stereocenters. The lowest BCUT2D eigenvalue weighted by Gasteiger charge is -2.09. The fourth-order valence-electron chi connectivity index (χ4n) is 17.9. The summed E-state index contributed by atoms with van der Waals surface area (Å²) in [5.74, 6) is -1.08. The summed E-state index contributed by atoms with van der Waals surface area (Å²) in [5, 5.41) is 0. The highest BCUT2D eigenvalue weighted by Gasteiger charge is 2.17. The fourth-order valence-corrected chi connectivity index (χ4v) is 17.9. The van der Waals surface area contributed by atoms with Crippen molar-refractivity contribution in [2.75, 3.05) is 0 Å². The van der Waals surface area contributed by atoms with Crippen LogP contribution in [0.15, 0.2) is 432 Å². The molecule has 0 bridgehead atoms. The van der Waals surface area contributed by atoms with Gasteiger partial charge in [0.1, 0.15) is 34.9 Å². The Kier molecular flexibility index (Phi) is 41.7. The summed E-state index contributed by atoms with van der Waals surface area (Å²) in [6.45, 7) is 30.5. The Morgan fingerprint density at radius 2 is 0.361 bits per heavy atom. The molecule has 0 heterocycles. The quantitative estimate of drug-likeness (QED) is 0.0218. The van der Waals surface area contributed by atoms with Crippen LogP contribution in [0.3, 0.4) is 0 Å². The molecule has 0 amide bonds. The van der Waals surface area contributed by atoms with Gasteiger partial charge in [-0.25, -0.2) is 26.3 Å². The number of benzene rings is 18. The third-order valence-electron chi connectivity index (χ3n) is 27.0. The first-order valence-electron chi connectivity index (χ1n) is 52.4. The van der Waals surface area contributed by atoms with Crippen molar-refractivity contribution in [3.05, 3.63) is 534 Å². The molecule has 0 aromatic heterocycles. The largest absolute Gasteiger partial charge is 0.206 e. The van der Waals surface area contributed by atoms with Crippen LogP contribution in [0, 0.1) is 48.8 Å². The maximum atomic E-state index is 14.7. The second-order valence-corrected chi connectivity index (χ2v) is 37.8. The van der Waals surface area contributed by atoms with E-state index in [0.29, 0.717) is 33.4 Å². The molecule has 0 aliphatic carbocycles. The summed E-state index contributed by atoms with van der Waals surface area (Å²) in [5.41, 5.74) is 36.2. The Labute approximate surface area is 871 Å². The van der Waals surface area contributed by atoms with Crippen LogP contribution in [0.2, 0.25) is 0 Å². The number of unbranched alkanes of at least 4 members (excludes halogenated alkanes) is 3. The average molecular weight is 1950 g/mol. The molecule has 0 spiro atoms.